The Balaban J connectivity index is 1.74. The molecule has 0 amide bonds. The zero-order chi connectivity index (χ0) is 16.8. The predicted molar refractivity (Wildman–Crippen MR) is 87.2 cm³/mol. The Labute approximate surface area is 141 Å². The van der Waals surface area contributed by atoms with Crippen molar-refractivity contribution in [1.29, 1.82) is 5.26 Å². The van der Waals surface area contributed by atoms with Crippen molar-refractivity contribution in [2.24, 2.45) is 0 Å². The Morgan fingerprint density at radius 1 is 1.33 bits per heavy atom. The second kappa shape index (κ2) is 7.21. The van der Waals surface area contributed by atoms with Gasteiger partial charge in [-0.25, -0.2) is 0 Å². The topological polar surface area (TPSA) is 112 Å². The molecule has 2 heterocycles. The van der Waals surface area contributed by atoms with Gasteiger partial charge in [-0.2, -0.15) is 10.5 Å². The zero-order valence-electron chi connectivity index (χ0n) is 12.1. The number of nitriles is 1. The fraction of sp³-hybridized carbons (Fsp3) is 0. The molecule has 1 aromatic carbocycles. The molecule has 3 rings (SSSR count). The summed E-state index contributed by atoms with van der Waals surface area (Å²) in [7, 11) is 0. The number of ether oxygens (including phenoxy) is 1. The van der Waals surface area contributed by atoms with Crippen molar-refractivity contribution < 1.29 is 4.74 Å². The molecule has 24 heavy (non-hydrogen) atoms. The number of H-pyrrole nitrogens is 1. The molecule has 0 aliphatic heterocycles. The maximum atomic E-state index is 9.11. The monoisotopic (exact) mass is 339 g/mol. The minimum Gasteiger partial charge on any atom is -0.456 e. The number of anilines is 1. The van der Waals surface area contributed by atoms with Gasteiger partial charge in [0.05, 0.1) is 16.9 Å². The van der Waals surface area contributed by atoms with Crippen molar-refractivity contribution in [3.63, 3.8) is 0 Å². The minimum atomic E-state index is 0.192. The van der Waals surface area contributed by atoms with E-state index in [4.69, 9.17) is 21.6 Å². The molecule has 0 unspecified atom stereocenters. The molecule has 0 saturated carbocycles. The summed E-state index contributed by atoms with van der Waals surface area (Å²) in [4.78, 5) is 3.98. The summed E-state index contributed by atoms with van der Waals surface area (Å²) in [5.74, 6) is 1.37. The fourth-order valence-electron chi connectivity index (χ4n) is 1.79. The summed E-state index contributed by atoms with van der Waals surface area (Å²) in [6.07, 6.45) is 4.72. The Hall–Kier alpha value is -3.44. The summed E-state index contributed by atoms with van der Waals surface area (Å²) in [5, 5.41) is 25.7. The van der Waals surface area contributed by atoms with Gasteiger partial charge in [-0.3, -0.25) is 4.98 Å². The van der Waals surface area contributed by atoms with Crippen molar-refractivity contribution >= 4 is 22.9 Å². The second-order valence-corrected chi connectivity index (χ2v) is 4.89. The smallest absolute Gasteiger partial charge is 0.216 e. The number of hydrogen-bond donors (Lipinski definition) is 2. The first-order chi connectivity index (χ1) is 11.8. The first kappa shape index (κ1) is 15.5. The first-order valence-electron chi connectivity index (χ1n) is 6.74. The van der Waals surface area contributed by atoms with Crippen molar-refractivity contribution in [1.82, 2.24) is 25.6 Å². The zero-order valence-corrected chi connectivity index (χ0v) is 12.9. The maximum absolute atomic E-state index is 9.11. The summed E-state index contributed by atoms with van der Waals surface area (Å²) in [6.45, 7) is 0. The van der Waals surface area contributed by atoms with E-state index in [1.54, 1.807) is 42.7 Å². The average Bonchev–Trinajstić information content (AvgIpc) is 3.12. The van der Waals surface area contributed by atoms with E-state index in [1.807, 2.05) is 6.07 Å². The van der Waals surface area contributed by atoms with Crippen molar-refractivity contribution in [3.05, 3.63) is 59.8 Å². The van der Waals surface area contributed by atoms with Crippen LogP contribution in [0.15, 0.2) is 48.9 Å². The molecule has 0 spiro atoms. The molecule has 0 bridgehead atoms. The van der Waals surface area contributed by atoms with Crippen LogP contribution < -0.4 is 10.1 Å². The number of nitrogens with zero attached hydrogens (tertiary/aromatic N) is 5. The first-order valence-corrected chi connectivity index (χ1v) is 7.12. The highest BCUT2D eigenvalue weighted by Crippen LogP contribution is 2.29. The predicted octanol–water partition coefficient (Wildman–Crippen LogP) is 3.02. The average molecular weight is 340 g/mol. The number of tetrazole rings is 1. The highest BCUT2D eigenvalue weighted by molar-refractivity contribution is 6.33. The van der Waals surface area contributed by atoms with Crippen LogP contribution in [0.25, 0.3) is 5.57 Å². The third-order valence-electron chi connectivity index (χ3n) is 2.89. The van der Waals surface area contributed by atoms with Crippen LogP contribution in [0.5, 0.6) is 11.5 Å². The lowest BCUT2D eigenvalue weighted by atomic mass is 10.2. The van der Waals surface area contributed by atoms with Gasteiger partial charge in [0.2, 0.25) is 5.82 Å². The molecule has 0 saturated heterocycles. The molecule has 118 valence electrons. The van der Waals surface area contributed by atoms with Crippen LogP contribution in [-0.4, -0.2) is 25.6 Å². The van der Waals surface area contributed by atoms with Crippen molar-refractivity contribution in [2.75, 3.05) is 5.32 Å². The van der Waals surface area contributed by atoms with Crippen LogP contribution in [0.3, 0.4) is 0 Å². The number of pyridine rings is 1. The quantitative estimate of drug-likeness (QED) is 0.687. The van der Waals surface area contributed by atoms with Crippen LogP contribution in [0.2, 0.25) is 5.02 Å². The van der Waals surface area contributed by atoms with E-state index in [0.29, 0.717) is 22.2 Å². The third-order valence-corrected chi connectivity index (χ3v) is 3.20. The summed E-state index contributed by atoms with van der Waals surface area (Å²) < 4.78 is 5.64. The largest absolute Gasteiger partial charge is 0.456 e. The highest BCUT2D eigenvalue weighted by atomic mass is 35.5. The third kappa shape index (κ3) is 3.66. The Bertz CT molecular complexity index is 888. The summed E-state index contributed by atoms with van der Waals surface area (Å²) >= 11 is 6.23. The van der Waals surface area contributed by atoms with Gasteiger partial charge in [-0.15, -0.1) is 10.2 Å². The molecule has 8 nitrogen and oxygen atoms in total. The normalized spacial score (nSPS) is 10.9. The molecule has 0 aliphatic carbocycles. The second-order valence-electron chi connectivity index (χ2n) is 4.48. The molecular weight excluding hydrogens is 330 g/mol. The van der Waals surface area contributed by atoms with Crippen LogP contribution in [-0.2, 0) is 0 Å². The van der Waals surface area contributed by atoms with Gasteiger partial charge >= 0.3 is 0 Å². The van der Waals surface area contributed by atoms with Crippen molar-refractivity contribution in [3.8, 4) is 17.6 Å². The minimum absolute atomic E-state index is 0.192. The number of aromatic nitrogens is 5. The summed E-state index contributed by atoms with van der Waals surface area (Å²) in [5.41, 5.74) is 0.821. The van der Waals surface area contributed by atoms with E-state index in [-0.39, 0.29) is 11.4 Å². The van der Waals surface area contributed by atoms with E-state index in [1.165, 1.54) is 6.20 Å². The lowest BCUT2D eigenvalue weighted by molar-refractivity contribution is 0.480. The van der Waals surface area contributed by atoms with Gasteiger partial charge in [0.15, 0.2) is 0 Å². The number of nitrogens with one attached hydrogen (secondary N) is 2. The van der Waals surface area contributed by atoms with Gasteiger partial charge in [0.1, 0.15) is 23.1 Å². The van der Waals surface area contributed by atoms with Crippen LogP contribution >= 0.6 is 11.6 Å². The van der Waals surface area contributed by atoms with E-state index in [9.17, 15) is 0 Å². The van der Waals surface area contributed by atoms with Gasteiger partial charge in [-0.05, 0) is 29.5 Å². The van der Waals surface area contributed by atoms with E-state index >= 15 is 0 Å². The molecule has 2 N–H and O–H groups in total. The lowest BCUT2D eigenvalue weighted by Gasteiger charge is -2.08. The number of aromatic amines is 1. The van der Waals surface area contributed by atoms with Gasteiger partial charge in [-0.1, -0.05) is 11.6 Å². The molecule has 0 aliphatic rings. The molecule has 3 aromatic rings. The lowest BCUT2D eigenvalue weighted by Crippen LogP contribution is -1.94. The van der Waals surface area contributed by atoms with Crippen molar-refractivity contribution in [2.45, 2.75) is 0 Å². The van der Waals surface area contributed by atoms with Gasteiger partial charge in [0, 0.05) is 18.5 Å². The molecule has 2 aromatic heterocycles. The molecule has 0 fully saturated rings. The van der Waals surface area contributed by atoms with E-state index < -0.39 is 0 Å². The fourth-order valence-corrected chi connectivity index (χ4v) is 2.02. The van der Waals surface area contributed by atoms with E-state index in [2.05, 4.69) is 30.9 Å². The number of rotatable bonds is 5. The number of halogens is 1. The van der Waals surface area contributed by atoms with Gasteiger partial charge < -0.3 is 10.1 Å². The molecular formula is C15H10ClN7O. The van der Waals surface area contributed by atoms with Gasteiger partial charge in [0.25, 0.3) is 0 Å². The SMILES string of the molecule is N#CC(=CNc1ccc(Oc2cccnc2)cc1Cl)c1nn[nH]n1. The maximum Gasteiger partial charge on any atom is 0.216 e. The molecule has 0 radical (unpaired) electrons. The number of hydrogen-bond acceptors (Lipinski definition) is 7. The Morgan fingerprint density at radius 2 is 2.25 bits per heavy atom. The number of benzene rings is 1. The number of allylic oxidation sites excluding steroid dienone is 1. The molecule has 9 heteroatoms. The van der Waals surface area contributed by atoms with Crippen LogP contribution in [0.4, 0.5) is 5.69 Å². The highest BCUT2D eigenvalue weighted by Gasteiger charge is 2.07. The Morgan fingerprint density at radius 3 is 2.92 bits per heavy atom. The molecule has 0 atom stereocenters. The Kier molecular flexibility index (Phi) is 4.65. The standard InChI is InChI=1S/C15H10ClN7O/c16-13-6-11(24-12-2-1-5-18-9-12)3-4-14(13)19-8-10(7-17)15-20-22-23-21-15/h1-6,8-9,19H,(H,20,21,22,23). The summed E-state index contributed by atoms with van der Waals surface area (Å²) in [6, 6.07) is 10.7. The van der Waals surface area contributed by atoms with Crippen LogP contribution in [0.1, 0.15) is 5.82 Å². The van der Waals surface area contributed by atoms with Crippen LogP contribution in [0, 0.1) is 11.3 Å². The van der Waals surface area contributed by atoms with E-state index in [0.717, 1.165) is 0 Å².